The number of hydrogen-bond acceptors (Lipinski definition) is 2. The molecule has 1 aliphatic rings. The summed E-state index contributed by atoms with van der Waals surface area (Å²) in [6.07, 6.45) is 4.75. The van der Waals surface area contributed by atoms with Crippen LogP contribution in [0.4, 0.5) is 0 Å². The maximum atomic E-state index is 10.6. The van der Waals surface area contributed by atoms with Gasteiger partial charge in [-0.25, -0.2) is 0 Å². The molecule has 0 unspecified atom stereocenters. The number of amides is 1. The van der Waals surface area contributed by atoms with Gasteiger partial charge in [-0.05, 0) is 55.8 Å². The Balaban J connectivity index is 1.60. The summed E-state index contributed by atoms with van der Waals surface area (Å²) in [7, 11) is 0. The third-order valence-corrected chi connectivity index (χ3v) is 3.98. The Morgan fingerprint density at radius 2 is 2.16 bits per heavy atom. The zero-order chi connectivity index (χ0) is 13.7. The van der Waals surface area contributed by atoms with E-state index in [1.54, 1.807) is 0 Å². The maximum Gasteiger partial charge on any atom is 0.217 e. The minimum atomic E-state index is -0.204. The Morgan fingerprint density at radius 1 is 1.37 bits per heavy atom. The van der Waals surface area contributed by atoms with Crippen molar-refractivity contribution in [3.63, 3.8) is 0 Å². The van der Waals surface area contributed by atoms with Crippen LogP contribution in [0.1, 0.15) is 43.6 Å². The number of primary amides is 1. The Labute approximate surface area is 119 Å². The molecule has 2 rings (SSSR count). The van der Waals surface area contributed by atoms with E-state index < -0.39 is 0 Å². The van der Waals surface area contributed by atoms with Crippen LogP contribution in [0.25, 0.3) is 0 Å². The Bertz CT molecular complexity index is 430. The molecule has 1 amide bonds. The first-order valence-electron chi connectivity index (χ1n) is 6.92. The number of nitrogens with two attached hydrogens (primary N) is 1. The van der Waals surface area contributed by atoms with Crippen molar-refractivity contribution in [3.05, 3.63) is 34.9 Å². The number of unbranched alkanes of at least 4 members (excludes halogenated alkanes) is 1. The molecular formula is C15H21ClN2O. The van der Waals surface area contributed by atoms with Gasteiger partial charge in [0, 0.05) is 17.5 Å². The predicted molar refractivity (Wildman–Crippen MR) is 78.3 cm³/mol. The van der Waals surface area contributed by atoms with Crippen LogP contribution in [0.15, 0.2) is 24.3 Å². The van der Waals surface area contributed by atoms with Crippen LogP contribution >= 0.6 is 11.6 Å². The first kappa shape index (κ1) is 14.4. The molecule has 4 heteroatoms. The van der Waals surface area contributed by atoms with E-state index in [2.05, 4.69) is 17.4 Å². The van der Waals surface area contributed by atoms with Crippen molar-refractivity contribution in [2.24, 2.45) is 5.73 Å². The molecule has 3 N–H and O–H groups in total. The van der Waals surface area contributed by atoms with Gasteiger partial charge < -0.3 is 11.1 Å². The summed E-state index contributed by atoms with van der Waals surface area (Å²) >= 11 is 6.00. The average Bonchev–Trinajstić information content (AvgIpc) is 2.30. The second-order valence-electron chi connectivity index (χ2n) is 5.30. The van der Waals surface area contributed by atoms with Crippen LogP contribution in [0, 0.1) is 0 Å². The van der Waals surface area contributed by atoms with E-state index in [-0.39, 0.29) is 5.91 Å². The van der Waals surface area contributed by atoms with Crippen molar-refractivity contribution < 1.29 is 4.79 Å². The zero-order valence-corrected chi connectivity index (χ0v) is 11.8. The molecule has 104 valence electrons. The molecule has 0 heterocycles. The fraction of sp³-hybridized carbons (Fsp3) is 0.533. The van der Waals surface area contributed by atoms with E-state index in [0.29, 0.717) is 18.4 Å². The molecule has 1 aliphatic carbocycles. The van der Waals surface area contributed by atoms with Crippen molar-refractivity contribution >= 4 is 17.5 Å². The Kier molecular flexibility index (Phi) is 5.23. The van der Waals surface area contributed by atoms with E-state index in [4.69, 9.17) is 17.3 Å². The van der Waals surface area contributed by atoms with Gasteiger partial charge in [0.05, 0.1) is 0 Å². The maximum absolute atomic E-state index is 10.6. The molecule has 0 aliphatic heterocycles. The summed E-state index contributed by atoms with van der Waals surface area (Å²) in [5.74, 6) is 0.437. The molecule has 0 spiro atoms. The summed E-state index contributed by atoms with van der Waals surface area (Å²) in [4.78, 5) is 10.6. The number of carbonyl (C=O) groups excluding carboxylic acids is 1. The third kappa shape index (κ3) is 4.51. The monoisotopic (exact) mass is 280 g/mol. The fourth-order valence-corrected chi connectivity index (χ4v) is 2.75. The van der Waals surface area contributed by atoms with Gasteiger partial charge in [0.1, 0.15) is 0 Å². The second kappa shape index (κ2) is 6.92. The van der Waals surface area contributed by atoms with Crippen LogP contribution in [0.3, 0.4) is 0 Å². The van der Waals surface area contributed by atoms with Gasteiger partial charge in [-0.1, -0.05) is 23.7 Å². The number of nitrogens with one attached hydrogen (secondary N) is 1. The van der Waals surface area contributed by atoms with Crippen molar-refractivity contribution in [1.29, 1.82) is 0 Å². The molecule has 3 nitrogen and oxygen atoms in total. The highest BCUT2D eigenvalue weighted by atomic mass is 35.5. The van der Waals surface area contributed by atoms with Gasteiger partial charge in [-0.15, -0.1) is 0 Å². The van der Waals surface area contributed by atoms with Crippen LogP contribution in [-0.2, 0) is 4.79 Å². The predicted octanol–water partition coefficient (Wildman–Crippen LogP) is 2.83. The summed E-state index contributed by atoms with van der Waals surface area (Å²) in [5, 5.41) is 4.34. The molecule has 19 heavy (non-hydrogen) atoms. The number of rotatable bonds is 7. The lowest BCUT2D eigenvalue weighted by Crippen LogP contribution is -2.40. The van der Waals surface area contributed by atoms with E-state index in [1.807, 2.05) is 12.1 Å². The normalized spacial score (nSPS) is 21.9. The van der Waals surface area contributed by atoms with E-state index in [1.165, 1.54) is 18.4 Å². The lowest BCUT2D eigenvalue weighted by molar-refractivity contribution is -0.118. The molecule has 0 radical (unpaired) electrons. The smallest absolute Gasteiger partial charge is 0.217 e. The van der Waals surface area contributed by atoms with Gasteiger partial charge in [0.2, 0.25) is 5.91 Å². The molecule has 0 atom stereocenters. The lowest BCUT2D eigenvalue weighted by atomic mass is 9.76. The van der Waals surface area contributed by atoms with Crippen LogP contribution < -0.4 is 11.1 Å². The summed E-state index contributed by atoms with van der Waals surface area (Å²) in [6, 6.07) is 8.76. The van der Waals surface area contributed by atoms with Crippen molar-refractivity contribution in [3.8, 4) is 0 Å². The molecule has 0 aromatic heterocycles. The molecule has 1 fully saturated rings. The van der Waals surface area contributed by atoms with Gasteiger partial charge in [-0.3, -0.25) is 4.79 Å². The molecule has 0 saturated heterocycles. The topological polar surface area (TPSA) is 55.1 Å². The van der Waals surface area contributed by atoms with Gasteiger partial charge in [0.25, 0.3) is 0 Å². The van der Waals surface area contributed by atoms with Crippen molar-refractivity contribution in [2.75, 3.05) is 6.54 Å². The third-order valence-electron chi connectivity index (χ3n) is 3.74. The first-order chi connectivity index (χ1) is 9.15. The van der Waals surface area contributed by atoms with Crippen molar-refractivity contribution in [1.82, 2.24) is 5.32 Å². The number of benzene rings is 1. The van der Waals surface area contributed by atoms with Crippen LogP contribution in [0.2, 0.25) is 5.02 Å². The summed E-state index contributed by atoms with van der Waals surface area (Å²) in [6.45, 7) is 0.972. The quantitative estimate of drug-likeness (QED) is 0.755. The zero-order valence-electron chi connectivity index (χ0n) is 11.1. The van der Waals surface area contributed by atoms with E-state index in [9.17, 15) is 4.79 Å². The molecule has 1 aromatic rings. The average molecular weight is 281 g/mol. The Morgan fingerprint density at radius 3 is 2.84 bits per heavy atom. The van der Waals surface area contributed by atoms with Gasteiger partial charge >= 0.3 is 0 Å². The highest BCUT2D eigenvalue weighted by molar-refractivity contribution is 6.30. The summed E-state index contributed by atoms with van der Waals surface area (Å²) < 4.78 is 0. The van der Waals surface area contributed by atoms with Crippen LogP contribution in [-0.4, -0.2) is 18.5 Å². The molecular weight excluding hydrogens is 260 g/mol. The van der Waals surface area contributed by atoms with E-state index >= 15 is 0 Å². The Hall–Kier alpha value is -1.06. The minimum absolute atomic E-state index is 0.204. The number of carbonyl (C=O) groups is 1. The largest absolute Gasteiger partial charge is 0.370 e. The second-order valence-corrected chi connectivity index (χ2v) is 5.73. The highest BCUT2D eigenvalue weighted by Crippen LogP contribution is 2.37. The molecule has 1 saturated carbocycles. The van der Waals surface area contributed by atoms with Crippen molar-refractivity contribution in [2.45, 2.75) is 44.1 Å². The fourth-order valence-electron chi connectivity index (χ4n) is 2.55. The standard InChI is InChI=1S/C15H21ClN2O/c16-13-5-3-4-11(8-13)12-9-14(10-12)18-7-2-1-6-15(17)19/h3-5,8,12,14,18H,1-2,6-7,9-10H2,(H2,17,19). The van der Waals surface area contributed by atoms with Crippen LogP contribution in [0.5, 0.6) is 0 Å². The highest BCUT2D eigenvalue weighted by Gasteiger charge is 2.29. The van der Waals surface area contributed by atoms with E-state index in [0.717, 1.165) is 24.4 Å². The number of hydrogen-bond donors (Lipinski definition) is 2. The first-order valence-corrected chi connectivity index (χ1v) is 7.30. The van der Waals surface area contributed by atoms with Gasteiger partial charge in [-0.2, -0.15) is 0 Å². The SMILES string of the molecule is NC(=O)CCCCNC1CC(c2cccc(Cl)c2)C1. The minimum Gasteiger partial charge on any atom is -0.370 e. The summed E-state index contributed by atoms with van der Waals surface area (Å²) in [5.41, 5.74) is 6.44. The number of halogens is 1. The molecule has 1 aromatic carbocycles. The van der Waals surface area contributed by atoms with Gasteiger partial charge in [0.15, 0.2) is 0 Å². The molecule has 0 bridgehead atoms. The lowest BCUT2D eigenvalue weighted by Gasteiger charge is -2.36.